The summed E-state index contributed by atoms with van der Waals surface area (Å²) in [6.07, 6.45) is 3.39. The second-order valence-corrected chi connectivity index (χ2v) is 7.38. The van der Waals surface area contributed by atoms with Crippen molar-refractivity contribution in [2.24, 2.45) is 5.92 Å². The number of benzene rings is 2. The Morgan fingerprint density at radius 3 is 2.28 bits per heavy atom. The second kappa shape index (κ2) is 9.82. The molecule has 0 spiro atoms. The summed E-state index contributed by atoms with van der Waals surface area (Å²) in [5, 5.41) is 0. The average molecular weight is 392 g/mol. The molecule has 1 amide bonds. The van der Waals surface area contributed by atoms with E-state index in [0.717, 1.165) is 16.9 Å². The van der Waals surface area contributed by atoms with Gasteiger partial charge in [-0.1, -0.05) is 32.0 Å². The van der Waals surface area contributed by atoms with Gasteiger partial charge in [0.05, 0.1) is 6.61 Å². The standard InChI is InChI=1S/C24H25FN2O2/c1-18(2)17-29-23-8-6-19(7-9-23)15-27(16-20-10-12-26-13-11-20)24(28)21-4-3-5-22(25)14-21/h3-14,18H,15-17H2,1-2H3. The molecule has 0 saturated heterocycles. The van der Waals surface area contributed by atoms with Crippen LogP contribution in [0, 0.1) is 11.7 Å². The van der Waals surface area contributed by atoms with Crippen molar-refractivity contribution in [2.75, 3.05) is 6.61 Å². The first-order valence-electron chi connectivity index (χ1n) is 9.67. The van der Waals surface area contributed by atoms with E-state index in [2.05, 4.69) is 18.8 Å². The molecule has 0 saturated carbocycles. The van der Waals surface area contributed by atoms with Gasteiger partial charge in [-0.25, -0.2) is 4.39 Å². The fraction of sp³-hybridized carbons (Fsp3) is 0.250. The van der Waals surface area contributed by atoms with E-state index in [1.807, 2.05) is 36.4 Å². The highest BCUT2D eigenvalue weighted by Gasteiger charge is 2.17. The first-order chi connectivity index (χ1) is 14.0. The van der Waals surface area contributed by atoms with Gasteiger partial charge in [0.25, 0.3) is 5.91 Å². The zero-order valence-electron chi connectivity index (χ0n) is 16.7. The molecule has 1 aromatic heterocycles. The van der Waals surface area contributed by atoms with Crippen molar-refractivity contribution in [3.8, 4) is 5.75 Å². The maximum atomic E-state index is 13.6. The summed E-state index contributed by atoms with van der Waals surface area (Å²) in [5.74, 6) is 0.613. The van der Waals surface area contributed by atoms with Gasteiger partial charge in [0.15, 0.2) is 0 Å². The first kappa shape index (κ1) is 20.5. The molecule has 0 aliphatic carbocycles. The molecule has 29 heavy (non-hydrogen) atoms. The van der Waals surface area contributed by atoms with Crippen LogP contribution >= 0.6 is 0 Å². The maximum Gasteiger partial charge on any atom is 0.254 e. The van der Waals surface area contributed by atoms with E-state index in [9.17, 15) is 9.18 Å². The van der Waals surface area contributed by atoms with Crippen LogP contribution in [-0.2, 0) is 13.1 Å². The van der Waals surface area contributed by atoms with Gasteiger partial charge >= 0.3 is 0 Å². The van der Waals surface area contributed by atoms with Crippen LogP contribution in [-0.4, -0.2) is 22.4 Å². The van der Waals surface area contributed by atoms with Crippen LogP contribution in [0.15, 0.2) is 73.1 Å². The summed E-state index contributed by atoms with van der Waals surface area (Å²) in [6.45, 7) is 5.67. The normalized spacial score (nSPS) is 10.8. The van der Waals surface area contributed by atoms with Gasteiger partial charge in [0, 0.05) is 31.0 Å². The molecule has 0 aliphatic heterocycles. The van der Waals surface area contributed by atoms with E-state index in [1.54, 1.807) is 29.4 Å². The molecule has 0 N–H and O–H groups in total. The Labute approximate surface area is 171 Å². The van der Waals surface area contributed by atoms with Gasteiger partial charge in [0.2, 0.25) is 0 Å². The summed E-state index contributed by atoms with van der Waals surface area (Å²) in [4.78, 5) is 18.8. The van der Waals surface area contributed by atoms with Gasteiger partial charge < -0.3 is 9.64 Å². The van der Waals surface area contributed by atoms with E-state index in [1.165, 1.54) is 12.1 Å². The molecule has 0 unspecified atom stereocenters. The van der Waals surface area contributed by atoms with Crippen LogP contribution in [0.2, 0.25) is 0 Å². The van der Waals surface area contributed by atoms with Crippen molar-refractivity contribution in [1.82, 2.24) is 9.88 Å². The molecule has 0 atom stereocenters. The van der Waals surface area contributed by atoms with Crippen LogP contribution in [0.25, 0.3) is 0 Å². The maximum absolute atomic E-state index is 13.6. The highest BCUT2D eigenvalue weighted by atomic mass is 19.1. The van der Waals surface area contributed by atoms with E-state index < -0.39 is 5.82 Å². The lowest BCUT2D eigenvalue weighted by Crippen LogP contribution is -2.30. The van der Waals surface area contributed by atoms with Gasteiger partial charge in [-0.15, -0.1) is 0 Å². The van der Waals surface area contributed by atoms with Gasteiger partial charge in [-0.3, -0.25) is 9.78 Å². The van der Waals surface area contributed by atoms with E-state index in [0.29, 0.717) is 31.2 Å². The monoisotopic (exact) mass is 392 g/mol. The van der Waals surface area contributed by atoms with E-state index >= 15 is 0 Å². The molecule has 0 radical (unpaired) electrons. The number of carbonyl (C=O) groups excluding carboxylic acids is 1. The summed E-state index contributed by atoms with van der Waals surface area (Å²) < 4.78 is 19.3. The Morgan fingerprint density at radius 1 is 1.00 bits per heavy atom. The number of hydrogen-bond acceptors (Lipinski definition) is 3. The Hall–Kier alpha value is -3.21. The highest BCUT2D eigenvalue weighted by molar-refractivity contribution is 5.94. The Morgan fingerprint density at radius 2 is 1.66 bits per heavy atom. The van der Waals surface area contributed by atoms with Crippen molar-refractivity contribution in [1.29, 1.82) is 0 Å². The molecule has 0 fully saturated rings. The van der Waals surface area contributed by atoms with E-state index in [-0.39, 0.29) is 5.91 Å². The summed E-state index contributed by atoms with van der Waals surface area (Å²) in [5.41, 5.74) is 2.26. The minimum atomic E-state index is -0.425. The average Bonchev–Trinajstić information content (AvgIpc) is 2.73. The van der Waals surface area contributed by atoms with Crippen molar-refractivity contribution in [3.05, 3.63) is 95.6 Å². The third-order valence-electron chi connectivity index (χ3n) is 4.36. The quantitative estimate of drug-likeness (QED) is 0.536. The third kappa shape index (κ3) is 6.14. The largest absolute Gasteiger partial charge is 0.493 e. The lowest BCUT2D eigenvalue weighted by atomic mass is 10.1. The van der Waals surface area contributed by atoms with Gasteiger partial charge in [-0.05, 0) is 59.5 Å². The lowest BCUT2D eigenvalue weighted by molar-refractivity contribution is 0.0729. The topological polar surface area (TPSA) is 42.4 Å². The molecule has 5 heteroatoms. The van der Waals surface area contributed by atoms with E-state index in [4.69, 9.17) is 4.74 Å². The zero-order valence-corrected chi connectivity index (χ0v) is 16.7. The number of amides is 1. The molecule has 3 rings (SSSR count). The van der Waals surface area contributed by atoms with Crippen molar-refractivity contribution in [3.63, 3.8) is 0 Å². The molecule has 0 aliphatic rings. The Kier molecular flexibility index (Phi) is 6.95. The molecule has 1 heterocycles. The van der Waals surface area contributed by atoms with Crippen LogP contribution in [0.4, 0.5) is 4.39 Å². The molecule has 4 nitrogen and oxygen atoms in total. The molecular formula is C24H25FN2O2. The number of pyridine rings is 1. The SMILES string of the molecule is CC(C)COc1ccc(CN(Cc2ccncc2)C(=O)c2cccc(F)c2)cc1. The molecule has 2 aromatic carbocycles. The number of halogens is 1. The van der Waals surface area contributed by atoms with Gasteiger partial charge in [0.1, 0.15) is 11.6 Å². The molecular weight excluding hydrogens is 367 g/mol. The van der Waals surface area contributed by atoms with Crippen molar-refractivity contribution in [2.45, 2.75) is 26.9 Å². The lowest BCUT2D eigenvalue weighted by Gasteiger charge is -2.23. The number of hydrogen-bond donors (Lipinski definition) is 0. The first-order valence-corrected chi connectivity index (χ1v) is 9.67. The molecule has 3 aromatic rings. The predicted octanol–water partition coefficient (Wildman–Crippen LogP) is 5.10. The fourth-order valence-electron chi connectivity index (χ4n) is 2.89. The van der Waals surface area contributed by atoms with Crippen molar-refractivity contribution >= 4 is 5.91 Å². The summed E-state index contributed by atoms with van der Waals surface area (Å²) in [7, 11) is 0. The second-order valence-electron chi connectivity index (χ2n) is 7.38. The zero-order chi connectivity index (χ0) is 20.6. The summed E-state index contributed by atoms with van der Waals surface area (Å²) in [6, 6.07) is 17.3. The molecule has 150 valence electrons. The van der Waals surface area contributed by atoms with Crippen LogP contribution in [0.1, 0.15) is 35.3 Å². The number of ether oxygens (including phenoxy) is 1. The summed E-state index contributed by atoms with van der Waals surface area (Å²) >= 11 is 0. The Bertz CT molecular complexity index is 927. The minimum Gasteiger partial charge on any atom is -0.493 e. The van der Waals surface area contributed by atoms with Crippen LogP contribution in [0.5, 0.6) is 5.75 Å². The Balaban J connectivity index is 1.78. The van der Waals surface area contributed by atoms with Crippen molar-refractivity contribution < 1.29 is 13.9 Å². The number of rotatable bonds is 8. The molecule has 0 bridgehead atoms. The number of aromatic nitrogens is 1. The minimum absolute atomic E-state index is 0.221. The smallest absolute Gasteiger partial charge is 0.254 e. The number of nitrogens with zero attached hydrogens (tertiary/aromatic N) is 2. The fourth-order valence-corrected chi connectivity index (χ4v) is 2.89. The predicted molar refractivity (Wildman–Crippen MR) is 111 cm³/mol. The van der Waals surface area contributed by atoms with Gasteiger partial charge in [-0.2, -0.15) is 0 Å². The third-order valence-corrected chi connectivity index (χ3v) is 4.36. The van der Waals surface area contributed by atoms with Crippen LogP contribution in [0.3, 0.4) is 0 Å². The van der Waals surface area contributed by atoms with Crippen LogP contribution < -0.4 is 4.74 Å². The number of carbonyl (C=O) groups is 1. The highest BCUT2D eigenvalue weighted by Crippen LogP contribution is 2.18.